The van der Waals surface area contributed by atoms with Crippen LogP contribution in [0, 0.1) is 0 Å². The number of carbonyl (C=O) groups is 1. The Kier molecular flexibility index (Phi) is 7.64. The fourth-order valence-electron chi connectivity index (χ4n) is 1.27. The van der Waals surface area contributed by atoms with E-state index in [0.717, 1.165) is 6.42 Å². The Hall–Kier alpha value is -0.410. The summed E-state index contributed by atoms with van der Waals surface area (Å²) in [5.74, 6) is -0.252. The van der Waals surface area contributed by atoms with E-state index in [1.165, 1.54) is 28.2 Å². The van der Waals surface area contributed by atoms with Crippen molar-refractivity contribution in [1.29, 1.82) is 0 Å². The number of carbonyl (C=O) groups excluding carboxylic acids is 1. The number of halogens is 1. The van der Waals surface area contributed by atoms with Crippen molar-refractivity contribution in [3.05, 3.63) is 44.3 Å². The van der Waals surface area contributed by atoms with Gasteiger partial charge in [-0.3, -0.25) is 0 Å². The fourth-order valence-corrected chi connectivity index (χ4v) is 3.04. The lowest BCUT2D eigenvalue weighted by atomic mass is 10.3. The van der Waals surface area contributed by atoms with E-state index >= 15 is 0 Å². The summed E-state index contributed by atoms with van der Waals surface area (Å²) in [6.07, 6.45) is 0.902. The predicted molar refractivity (Wildman–Crippen MR) is 75.3 cm³/mol. The van der Waals surface area contributed by atoms with Crippen molar-refractivity contribution in [2.24, 2.45) is 0 Å². The molecule has 0 aromatic carbocycles. The predicted octanol–water partition coefficient (Wildman–Crippen LogP) is -0.0186. The van der Waals surface area contributed by atoms with Crippen LogP contribution < -0.4 is 12.4 Å². The summed E-state index contributed by atoms with van der Waals surface area (Å²) in [4.78, 5) is 14.4. The van der Waals surface area contributed by atoms with Crippen molar-refractivity contribution in [2.45, 2.75) is 6.42 Å². The van der Waals surface area contributed by atoms with Gasteiger partial charge in [0.1, 0.15) is 4.88 Å². The Labute approximate surface area is 118 Å². The third-order valence-corrected chi connectivity index (χ3v) is 3.92. The van der Waals surface area contributed by atoms with Gasteiger partial charge in [0.05, 0.1) is 7.11 Å². The smallest absolute Gasteiger partial charge is 0.348 e. The molecule has 2 heterocycles. The number of methoxy groups -OCH3 is 1. The second-order valence-corrected chi connectivity index (χ2v) is 5.21. The summed E-state index contributed by atoms with van der Waals surface area (Å²) in [6.45, 7) is 0. The molecule has 1 atom stereocenters. The van der Waals surface area contributed by atoms with Gasteiger partial charge in [-0.2, -0.15) is 0 Å². The zero-order valence-electron chi connectivity index (χ0n) is 9.60. The highest BCUT2D eigenvalue weighted by Crippen LogP contribution is 2.22. The van der Waals surface area contributed by atoms with Crippen LogP contribution in [-0.4, -0.2) is 13.1 Å². The van der Waals surface area contributed by atoms with E-state index in [2.05, 4.69) is 16.2 Å². The van der Waals surface area contributed by atoms with E-state index in [0.29, 0.717) is 4.88 Å². The molecule has 2 aromatic heterocycles. The van der Waals surface area contributed by atoms with Crippen LogP contribution in [0.4, 0.5) is 0 Å². The van der Waals surface area contributed by atoms with Gasteiger partial charge >= 0.3 is 5.97 Å². The van der Waals surface area contributed by atoms with Crippen LogP contribution in [0.5, 0.6) is 0 Å². The van der Waals surface area contributed by atoms with Crippen molar-refractivity contribution in [3.63, 3.8) is 0 Å². The lowest BCUT2D eigenvalue weighted by Gasteiger charge is -1.93. The summed E-state index contributed by atoms with van der Waals surface area (Å²) in [6, 6.07) is 7.94. The normalized spacial score (nSPS) is 9.00. The van der Waals surface area contributed by atoms with Crippen molar-refractivity contribution < 1.29 is 21.9 Å². The fraction of sp³-hybridized carbons (Fsp3) is 0.182. The first-order valence-electron chi connectivity index (χ1n) is 4.49. The minimum atomic E-state index is -0.252. The maximum atomic E-state index is 11.2. The van der Waals surface area contributed by atoms with E-state index < -0.39 is 0 Å². The molecular formula is C11H14ClO2PS2. The van der Waals surface area contributed by atoms with E-state index in [1.807, 2.05) is 18.2 Å². The first-order chi connectivity index (χ1) is 7.29. The van der Waals surface area contributed by atoms with Crippen LogP contribution in [0.1, 0.15) is 19.4 Å². The highest BCUT2D eigenvalue weighted by Gasteiger charge is 2.09. The van der Waals surface area contributed by atoms with Crippen LogP contribution in [0.15, 0.2) is 29.6 Å². The van der Waals surface area contributed by atoms with E-state index in [4.69, 9.17) is 0 Å². The molecule has 0 aliphatic carbocycles. The largest absolute Gasteiger partial charge is 1.00 e. The minimum Gasteiger partial charge on any atom is -1.00 e. The third-order valence-electron chi connectivity index (χ3n) is 1.98. The van der Waals surface area contributed by atoms with Gasteiger partial charge in [0, 0.05) is 16.2 Å². The molecule has 6 heteroatoms. The molecule has 2 rings (SSSR count). The highest BCUT2D eigenvalue weighted by atomic mass is 35.5. The second-order valence-electron chi connectivity index (χ2n) is 3.01. The quantitative estimate of drug-likeness (QED) is 0.588. The molecule has 0 radical (unpaired) electrons. The van der Waals surface area contributed by atoms with Gasteiger partial charge in [0.25, 0.3) is 0 Å². The van der Waals surface area contributed by atoms with E-state index in [9.17, 15) is 4.79 Å². The molecule has 0 N–H and O–H groups in total. The van der Waals surface area contributed by atoms with E-state index in [1.54, 1.807) is 11.3 Å². The zero-order valence-corrected chi connectivity index (χ0v) is 14.0. The van der Waals surface area contributed by atoms with Gasteiger partial charge < -0.3 is 17.1 Å². The van der Waals surface area contributed by atoms with Crippen molar-refractivity contribution in [2.75, 3.05) is 7.11 Å². The number of thiophene rings is 2. The Bertz CT molecular complexity index is 454. The number of hydrogen-bond acceptors (Lipinski definition) is 4. The van der Waals surface area contributed by atoms with Crippen LogP contribution in [-0.2, 0) is 11.2 Å². The minimum absolute atomic E-state index is 0. The van der Waals surface area contributed by atoms with Crippen LogP contribution in [0.2, 0.25) is 0 Å². The van der Waals surface area contributed by atoms with Crippen LogP contribution >= 0.6 is 32.6 Å². The number of hydrogen-bond donors (Lipinski definition) is 0. The molecule has 0 amide bonds. The molecular weight excluding hydrogens is 295 g/mol. The molecule has 2 nitrogen and oxygen atoms in total. The van der Waals surface area contributed by atoms with Crippen LogP contribution in [0.3, 0.4) is 0 Å². The molecule has 0 aliphatic heterocycles. The number of rotatable bonds is 3. The monoisotopic (exact) mass is 308 g/mol. The zero-order chi connectivity index (χ0) is 10.7. The molecule has 94 valence electrons. The maximum absolute atomic E-state index is 11.2. The highest BCUT2D eigenvalue weighted by molar-refractivity contribution is 7.14. The first-order valence-corrected chi connectivity index (χ1v) is 6.18. The van der Waals surface area contributed by atoms with Gasteiger partial charge in [0.15, 0.2) is 0 Å². The van der Waals surface area contributed by atoms with Gasteiger partial charge in [-0.15, -0.1) is 22.7 Å². The summed E-state index contributed by atoms with van der Waals surface area (Å²) in [5.41, 5.74) is 0. The molecule has 0 aliphatic rings. The molecule has 0 saturated carbocycles. The van der Waals surface area contributed by atoms with E-state index in [-0.39, 0.29) is 28.3 Å². The van der Waals surface area contributed by atoms with Gasteiger partial charge in [-0.25, -0.2) is 4.79 Å². The molecule has 2 aromatic rings. The molecule has 17 heavy (non-hydrogen) atoms. The van der Waals surface area contributed by atoms with Crippen molar-refractivity contribution in [3.8, 4) is 0 Å². The van der Waals surface area contributed by atoms with Crippen molar-refractivity contribution in [1.82, 2.24) is 0 Å². The third kappa shape index (κ3) is 4.40. The molecule has 0 saturated heterocycles. The molecule has 0 fully saturated rings. The van der Waals surface area contributed by atoms with Crippen LogP contribution in [0.25, 0.3) is 0 Å². The number of esters is 1. The standard InChI is InChI=1S/C11H10O2S2.ClH.H3P/c1-13-11(12)10-5-4-9(15-10)7-8-3-2-6-14-8;;/h2-6H,7H2,1H3;1H;1H3. The van der Waals surface area contributed by atoms with Gasteiger partial charge in [-0.05, 0) is 33.5 Å². The molecule has 0 bridgehead atoms. The second kappa shape index (κ2) is 7.83. The summed E-state index contributed by atoms with van der Waals surface area (Å²) >= 11 is 3.23. The van der Waals surface area contributed by atoms with Gasteiger partial charge in [0.2, 0.25) is 0 Å². The lowest BCUT2D eigenvalue weighted by Crippen LogP contribution is -3.00. The average molecular weight is 309 g/mol. The molecule has 1 unspecified atom stereocenters. The first kappa shape index (κ1) is 16.6. The Morgan fingerprint density at radius 3 is 2.65 bits per heavy atom. The maximum Gasteiger partial charge on any atom is 0.348 e. The summed E-state index contributed by atoms with van der Waals surface area (Å²) < 4.78 is 4.66. The lowest BCUT2D eigenvalue weighted by molar-refractivity contribution is -0.0000177. The summed E-state index contributed by atoms with van der Waals surface area (Å²) in [5, 5.41) is 2.06. The Balaban J connectivity index is 0.00000128. The van der Waals surface area contributed by atoms with Crippen molar-refractivity contribution >= 4 is 38.5 Å². The Morgan fingerprint density at radius 2 is 2.06 bits per heavy atom. The summed E-state index contributed by atoms with van der Waals surface area (Å²) in [7, 11) is 1.40. The average Bonchev–Trinajstić information content (AvgIpc) is 2.88. The SMILES string of the molecule is COC(=O)c1ccc(Cc2cccs2)s1.[Cl-].[PH4+]. The Morgan fingerprint density at radius 1 is 1.29 bits per heavy atom. The molecule has 0 spiro atoms. The number of ether oxygens (including phenoxy) is 1. The van der Waals surface area contributed by atoms with Gasteiger partial charge in [-0.1, -0.05) is 6.07 Å². The topological polar surface area (TPSA) is 26.3 Å².